The summed E-state index contributed by atoms with van der Waals surface area (Å²) in [4.78, 5) is 4.52. The molecule has 0 aliphatic rings. The minimum Gasteiger partial charge on any atom is -0.245 e. The van der Waals surface area contributed by atoms with Crippen molar-refractivity contribution < 1.29 is 8.42 Å². The van der Waals surface area contributed by atoms with Gasteiger partial charge in [-0.25, -0.2) is 18.1 Å². The summed E-state index contributed by atoms with van der Waals surface area (Å²) in [6, 6.07) is 5.12. The zero-order valence-corrected chi connectivity index (χ0v) is 12.7. The maximum absolute atomic E-state index is 12.1. The zero-order valence-electron chi connectivity index (χ0n) is 11.1. The maximum Gasteiger partial charge on any atom is 0.240 e. The molecule has 6 heteroatoms. The summed E-state index contributed by atoms with van der Waals surface area (Å²) in [6.07, 6.45) is 0. The van der Waals surface area contributed by atoms with Crippen LogP contribution in [0.1, 0.15) is 21.8 Å². The Labute approximate surface area is 117 Å². The normalized spacial score (nSPS) is 11.7. The van der Waals surface area contributed by atoms with Crippen LogP contribution in [0.25, 0.3) is 0 Å². The predicted molar refractivity (Wildman–Crippen MR) is 76.8 cm³/mol. The number of nitrogens with one attached hydrogen (secondary N) is 1. The van der Waals surface area contributed by atoms with Crippen LogP contribution in [-0.2, 0) is 16.6 Å². The van der Waals surface area contributed by atoms with Crippen LogP contribution in [-0.4, -0.2) is 13.4 Å². The van der Waals surface area contributed by atoms with Crippen molar-refractivity contribution in [2.75, 3.05) is 0 Å². The lowest BCUT2D eigenvalue weighted by Crippen LogP contribution is -2.23. The van der Waals surface area contributed by atoms with Gasteiger partial charge in [0.05, 0.1) is 22.1 Å². The van der Waals surface area contributed by atoms with Gasteiger partial charge >= 0.3 is 0 Å². The monoisotopic (exact) mass is 296 g/mol. The Morgan fingerprint density at radius 3 is 2.53 bits per heavy atom. The molecule has 0 amide bonds. The lowest BCUT2D eigenvalue weighted by molar-refractivity contribution is 0.580. The Kier molecular flexibility index (Phi) is 4.03. The van der Waals surface area contributed by atoms with Crippen molar-refractivity contribution in [3.05, 3.63) is 45.4 Å². The number of hydrogen-bond acceptors (Lipinski definition) is 4. The highest BCUT2D eigenvalue weighted by atomic mass is 32.2. The predicted octanol–water partition coefficient (Wildman–Crippen LogP) is 2.55. The van der Waals surface area contributed by atoms with E-state index < -0.39 is 10.0 Å². The quantitative estimate of drug-likeness (QED) is 0.943. The third-order valence-corrected chi connectivity index (χ3v) is 5.12. The van der Waals surface area contributed by atoms with E-state index in [1.165, 1.54) is 11.3 Å². The van der Waals surface area contributed by atoms with E-state index >= 15 is 0 Å². The standard InChI is InChI=1S/C13H16N2O2S2/c1-9-4-5-13(6-10(9)2)19(16,17)14-7-12-8-18-11(3)15-12/h4-6,8,14H,7H2,1-3H3. The van der Waals surface area contributed by atoms with Gasteiger partial charge in [-0.3, -0.25) is 0 Å². The Hall–Kier alpha value is -1.24. The van der Waals surface area contributed by atoms with Crippen molar-refractivity contribution in [3.63, 3.8) is 0 Å². The van der Waals surface area contributed by atoms with E-state index in [9.17, 15) is 8.42 Å². The molecule has 0 saturated heterocycles. The number of hydrogen-bond donors (Lipinski definition) is 1. The average Bonchev–Trinajstić information content (AvgIpc) is 2.76. The van der Waals surface area contributed by atoms with Gasteiger partial charge in [-0.1, -0.05) is 6.07 Å². The van der Waals surface area contributed by atoms with Crippen molar-refractivity contribution in [1.29, 1.82) is 0 Å². The molecule has 2 rings (SSSR count). The summed E-state index contributed by atoms with van der Waals surface area (Å²) >= 11 is 1.51. The van der Waals surface area contributed by atoms with Gasteiger partial charge in [0.2, 0.25) is 10.0 Å². The number of nitrogens with zero attached hydrogens (tertiary/aromatic N) is 1. The summed E-state index contributed by atoms with van der Waals surface area (Å²) < 4.78 is 26.8. The summed E-state index contributed by atoms with van der Waals surface area (Å²) in [7, 11) is -3.47. The van der Waals surface area contributed by atoms with E-state index in [0.717, 1.165) is 21.8 Å². The molecule has 0 saturated carbocycles. The van der Waals surface area contributed by atoms with E-state index in [2.05, 4.69) is 9.71 Å². The van der Waals surface area contributed by atoms with Gasteiger partial charge in [-0.05, 0) is 44.0 Å². The first-order valence-corrected chi connectivity index (χ1v) is 8.23. The zero-order chi connectivity index (χ0) is 14.0. The molecule has 0 fully saturated rings. The molecule has 0 spiro atoms. The molecule has 0 atom stereocenters. The molecule has 0 aliphatic carbocycles. The maximum atomic E-state index is 12.1. The van der Waals surface area contributed by atoms with Crippen LogP contribution in [0.3, 0.4) is 0 Å². The van der Waals surface area contributed by atoms with Crippen LogP contribution in [0.4, 0.5) is 0 Å². The molecule has 0 bridgehead atoms. The molecular weight excluding hydrogens is 280 g/mol. The van der Waals surface area contributed by atoms with E-state index in [4.69, 9.17) is 0 Å². The van der Waals surface area contributed by atoms with Crippen molar-refractivity contribution in [3.8, 4) is 0 Å². The molecule has 0 aliphatic heterocycles. The van der Waals surface area contributed by atoms with Gasteiger partial charge < -0.3 is 0 Å². The minimum atomic E-state index is -3.47. The number of aryl methyl sites for hydroxylation is 3. The van der Waals surface area contributed by atoms with Crippen LogP contribution in [0, 0.1) is 20.8 Å². The fourth-order valence-corrected chi connectivity index (χ4v) is 3.32. The van der Waals surface area contributed by atoms with Gasteiger partial charge in [-0.15, -0.1) is 11.3 Å². The highest BCUT2D eigenvalue weighted by Crippen LogP contribution is 2.15. The molecule has 0 radical (unpaired) electrons. The Morgan fingerprint density at radius 1 is 1.21 bits per heavy atom. The lowest BCUT2D eigenvalue weighted by Gasteiger charge is -2.07. The average molecular weight is 296 g/mol. The second-order valence-electron chi connectivity index (χ2n) is 4.43. The fourth-order valence-electron chi connectivity index (χ4n) is 1.62. The SMILES string of the molecule is Cc1nc(CNS(=O)(=O)c2ccc(C)c(C)c2)cs1. The Balaban J connectivity index is 2.16. The largest absolute Gasteiger partial charge is 0.245 e. The third kappa shape index (κ3) is 3.40. The van der Waals surface area contributed by atoms with Crippen molar-refractivity contribution >= 4 is 21.4 Å². The van der Waals surface area contributed by atoms with E-state index in [0.29, 0.717) is 4.90 Å². The van der Waals surface area contributed by atoms with Gasteiger partial charge in [-0.2, -0.15) is 0 Å². The van der Waals surface area contributed by atoms with E-state index in [1.54, 1.807) is 12.1 Å². The first-order chi connectivity index (χ1) is 8.88. The minimum absolute atomic E-state index is 0.222. The molecule has 1 aromatic heterocycles. The van der Waals surface area contributed by atoms with Crippen LogP contribution in [0.2, 0.25) is 0 Å². The summed E-state index contributed by atoms with van der Waals surface area (Å²) in [5.74, 6) is 0. The van der Waals surface area contributed by atoms with Crippen molar-refractivity contribution in [1.82, 2.24) is 9.71 Å². The first kappa shape index (κ1) is 14.2. The van der Waals surface area contributed by atoms with Gasteiger partial charge in [0.15, 0.2) is 0 Å². The molecule has 1 aromatic carbocycles. The number of rotatable bonds is 4. The van der Waals surface area contributed by atoms with Crippen LogP contribution in [0.15, 0.2) is 28.5 Å². The summed E-state index contributed by atoms with van der Waals surface area (Å²) in [6.45, 7) is 5.97. The molecular formula is C13H16N2O2S2. The first-order valence-electron chi connectivity index (χ1n) is 5.86. The molecule has 19 heavy (non-hydrogen) atoms. The van der Waals surface area contributed by atoms with Crippen LogP contribution in [0.5, 0.6) is 0 Å². The van der Waals surface area contributed by atoms with Crippen molar-refractivity contribution in [2.45, 2.75) is 32.2 Å². The molecule has 102 valence electrons. The molecule has 2 aromatic rings. The van der Waals surface area contributed by atoms with Crippen molar-refractivity contribution in [2.24, 2.45) is 0 Å². The summed E-state index contributed by atoms with van der Waals surface area (Å²) in [5.41, 5.74) is 2.79. The number of benzene rings is 1. The van der Waals surface area contributed by atoms with E-state index in [1.807, 2.05) is 32.2 Å². The summed E-state index contributed by atoms with van der Waals surface area (Å²) in [5, 5.41) is 2.79. The van der Waals surface area contributed by atoms with Gasteiger partial charge in [0.1, 0.15) is 0 Å². The molecule has 1 heterocycles. The van der Waals surface area contributed by atoms with Crippen LogP contribution < -0.4 is 4.72 Å². The second-order valence-corrected chi connectivity index (χ2v) is 7.26. The van der Waals surface area contributed by atoms with Crippen LogP contribution >= 0.6 is 11.3 Å². The number of aromatic nitrogens is 1. The molecule has 1 N–H and O–H groups in total. The second kappa shape index (κ2) is 5.40. The number of sulfonamides is 1. The highest BCUT2D eigenvalue weighted by Gasteiger charge is 2.14. The highest BCUT2D eigenvalue weighted by molar-refractivity contribution is 7.89. The molecule has 4 nitrogen and oxygen atoms in total. The number of thiazole rings is 1. The third-order valence-electron chi connectivity index (χ3n) is 2.90. The fraction of sp³-hybridized carbons (Fsp3) is 0.308. The topological polar surface area (TPSA) is 59.1 Å². The van der Waals surface area contributed by atoms with Gasteiger partial charge in [0.25, 0.3) is 0 Å². The molecule has 0 unspecified atom stereocenters. The van der Waals surface area contributed by atoms with Gasteiger partial charge in [0, 0.05) is 5.38 Å². The smallest absolute Gasteiger partial charge is 0.240 e. The Morgan fingerprint density at radius 2 is 1.95 bits per heavy atom. The Bertz CT molecular complexity index is 690. The lowest BCUT2D eigenvalue weighted by atomic mass is 10.1. The van der Waals surface area contributed by atoms with E-state index in [-0.39, 0.29) is 6.54 Å².